The average Bonchev–Trinajstić information content (AvgIpc) is 2.16. The van der Waals surface area contributed by atoms with E-state index in [4.69, 9.17) is 5.11 Å². The molecule has 0 aliphatic carbocycles. The van der Waals surface area contributed by atoms with E-state index in [2.05, 4.69) is 0 Å². The van der Waals surface area contributed by atoms with Gasteiger partial charge >= 0.3 is 5.97 Å². The summed E-state index contributed by atoms with van der Waals surface area (Å²) in [4.78, 5) is 10.8. The van der Waals surface area contributed by atoms with Crippen molar-refractivity contribution >= 4 is 5.97 Å². The van der Waals surface area contributed by atoms with E-state index in [1.54, 1.807) is 6.92 Å². The van der Waals surface area contributed by atoms with E-state index in [1.807, 2.05) is 38.1 Å². The van der Waals surface area contributed by atoms with Gasteiger partial charge in [0.2, 0.25) is 0 Å². The normalized spacial score (nSPS) is 14.8. The van der Waals surface area contributed by atoms with Crippen molar-refractivity contribution in [3.05, 3.63) is 35.4 Å². The molecule has 2 unspecified atom stereocenters. The molecular formula is C12H16O2. The van der Waals surface area contributed by atoms with E-state index < -0.39 is 5.97 Å². The number of carbonyl (C=O) groups is 1. The smallest absolute Gasteiger partial charge is 0.306 e. The first kappa shape index (κ1) is 10.8. The molecule has 1 rings (SSSR count). The molecule has 0 spiro atoms. The number of hydrogen-bond acceptors (Lipinski definition) is 1. The summed E-state index contributed by atoms with van der Waals surface area (Å²) in [5.74, 6) is -1.01. The Kier molecular flexibility index (Phi) is 3.28. The molecule has 76 valence electrons. The quantitative estimate of drug-likeness (QED) is 0.799. The third-order valence-electron chi connectivity index (χ3n) is 2.74. The number of aryl methyl sites for hydroxylation is 1. The van der Waals surface area contributed by atoms with E-state index in [0.29, 0.717) is 0 Å². The molecule has 0 aliphatic rings. The van der Waals surface area contributed by atoms with Crippen molar-refractivity contribution in [3.8, 4) is 0 Å². The molecule has 0 radical (unpaired) electrons. The largest absolute Gasteiger partial charge is 0.481 e. The van der Waals surface area contributed by atoms with Crippen molar-refractivity contribution in [2.75, 3.05) is 0 Å². The highest BCUT2D eigenvalue weighted by atomic mass is 16.4. The summed E-state index contributed by atoms with van der Waals surface area (Å²) in [5, 5.41) is 8.87. The summed E-state index contributed by atoms with van der Waals surface area (Å²) in [6.07, 6.45) is 0. The van der Waals surface area contributed by atoms with Gasteiger partial charge in [-0.1, -0.05) is 43.7 Å². The second-order valence-corrected chi connectivity index (χ2v) is 3.83. The van der Waals surface area contributed by atoms with Gasteiger partial charge in [-0.05, 0) is 18.4 Å². The fraction of sp³-hybridized carbons (Fsp3) is 0.417. The Bertz CT molecular complexity index is 314. The standard InChI is InChI=1S/C12H16O2/c1-8-4-6-11(7-5-8)9(2)10(3)12(13)14/h4-7,9-10H,1-3H3,(H,13,14). The summed E-state index contributed by atoms with van der Waals surface area (Å²) in [6, 6.07) is 8.03. The van der Waals surface area contributed by atoms with E-state index >= 15 is 0 Å². The first-order chi connectivity index (χ1) is 6.52. The first-order valence-electron chi connectivity index (χ1n) is 4.81. The molecule has 0 heterocycles. The highest BCUT2D eigenvalue weighted by molar-refractivity contribution is 5.70. The highest BCUT2D eigenvalue weighted by Crippen LogP contribution is 2.24. The van der Waals surface area contributed by atoms with Crippen LogP contribution in [0.3, 0.4) is 0 Å². The highest BCUT2D eigenvalue weighted by Gasteiger charge is 2.20. The van der Waals surface area contributed by atoms with Crippen LogP contribution in [0.15, 0.2) is 24.3 Å². The Balaban J connectivity index is 2.84. The van der Waals surface area contributed by atoms with Gasteiger partial charge in [-0.15, -0.1) is 0 Å². The second-order valence-electron chi connectivity index (χ2n) is 3.83. The monoisotopic (exact) mass is 192 g/mol. The van der Waals surface area contributed by atoms with Gasteiger partial charge < -0.3 is 5.11 Å². The zero-order valence-corrected chi connectivity index (χ0v) is 8.82. The minimum absolute atomic E-state index is 0.0631. The molecule has 1 N–H and O–H groups in total. The van der Waals surface area contributed by atoms with Crippen molar-refractivity contribution in [3.63, 3.8) is 0 Å². The number of carboxylic acid groups (broad SMARTS) is 1. The zero-order valence-electron chi connectivity index (χ0n) is 8.82. The average molecular weight is 192 g/mol. The summed E-state index contributed by atoms with van der Waals surface area (Å²) < 4.78 is 0. The molecule has 14 heavy (non-hydrogen) atoms. The van der Waals surface area contributed by atoms with Crippen LogP contribution in [0, 0.1) is 12.8 Å². The SMILES string of the molecule is Cc1ccc(C(C)C(C)C(=O)O)cc1. The van der Waals surface area contributed by atoms with Crippen LogP contribution in [-0.4, -0.2) is 11.1 Å². The van der Waals surface area contributed by atoms with Crippen LogP contribution in [0.4, 0.5) is 0 Å². The number of carboxylic acids is 1. The number of rotatable bonds is 3. The maximum absolute atomic E-state index is 10.8. The Labute approximate surface area is 84.6 Å². The Morgan fingerprint density at radius 1 is 1.21 bits per heavy atom. The topological polar surface area (TPSA) is 37.3 Å². The fourth-order valence-corrected chi connectivity index (χ4v) is 1.37. The molecule has 0 saturated carbocycles. The van der Waals surface area contributed by atoms with Gasteiger partial charge in [-0.3, -0.25) is 4.79 Å². The maximum Gasteiger partial charge on any atom is 0.306 e. The van der Waals surface area contributed by atoms with Crippen molar-refractivity contribution < 1.29 is 9.90 Å². The van der Waals surface area contributed by atoms with E-state index in [0.717, 1.165) is 5.56 Å². The van der Waals surface area contributed by atoms with Gasteiger partial charge in [-0.2, -0.15) is 0 Å². The van der Waals surface area contributed by atoms with Gasteiger partial charge in [-0.25, -0.2) is 0 Å². The minimum atomic E-state index is -0.738. The summed E-state index contributed by atoms with van der Waals surface area (Å²) in [7, 11) is 0. The predicted molar refractivity (Wildman–Crippen MR) is 56.4 cm³/mol. The van der Waals surface area contributed by atoms with Crippen molar-refractivity contribution in [1.29, 1.82) is 0 Å². The van der Waals surface area contributed by atoms with E-state index in [1.165, 1.54) is 5.56 Å². The fourth-order valence-electron chi connectivity index (χ4n) is 1.37. The van der Waals surface area contributed by atoms with Gasteiger partial charge in [0.15, 0.2) is 0 Å². The van der Waals surface area contributed by atoms with Crippen molar-refractivity contribution in [2.45, 2.75) is 26.7 Å². The molecule has 0 aliphatic heterocycles. The summed E-state index contributed by atoms with van der Waals surface area (Å²) >= 11 is 0. The third-order valence-corrected chi connectivity index (χ3v) is 2.74. The number of benzene rings is 1. The second kappa shape index (κ2) is 4.27. The molecule has 0 fully saturated rings. The van der Waals surface area contributed by atoms with Gasteiger partial charge in [0.1, 0.15) is 0 Å². The van der Waals surface area contributed by atoms with E-state index in [-0.39, 0.29) is 11.8 Å². The van der Waals surface area contributed by atoms with Gasteiger partial charge in [0.25, 0.3) is 0 Å². The molecule has 0 amide bonds. The Morgan fingerprint density at radius 2 is 1.71 bits per heavy atom. The number of aliphatic carboxylic acids is 1. The summed E-state index contributed by atoms with van der Waals surface area (Å²) in [6.45, 7) is 5.71. The molecule has 0 bridgehead atoms. The van der Waals surface area contributed by atoms with Crippen LogP contribution >= 0.6 is 0 Å². The maximum atomic E-state index is 10.8. The first-order valence-corrected chi connectivity index (χ1v) is 4.81. The van der Waals surface area contributed by atoms with Crippen molar-refractivity contribution in [1.82, 2.24) is 0 Å². The third kappa shape index (κ3) is 2.34. The lowest BCUT2D eigenvalue weighted by molar-refractivity contribution is -0.141. The van der Waals surface area contributed by atoms with Gasteiger partial charge in [0, 0.05) is 0 Å². The van der Waals surface area contributed by atoms with Crippen LogP contribution in [0.2, 0.25) is 0 Å². The lowest BCUT2D eigenvalue weighted by atomic mass is 9.89. The predicted octanol–water partition coefficient (Wildman–Crippen LogP) is 2.82. The molecule has 2 heteroatoms. The van der Waals surface area contributed by atoms with Gasteiger partial charge in [0.05, 0.1) is 5.92 Å². The Morgan fingerprint density at radius 3 is 2.14 bits per heavy atom. The molecule has 2 nitrogen and oxygen atoms in total. The minimum Gasteiger partial charge on any atom is -0.481 e. The van der Waals surface area contributed by atoms with Crippen LogP contribution in [-0.2, 0) is 4.79 Å². The lowest BCUT2D eigenvalue weighted by Gasteiger charge is -2.16. The summed E-state index contributed by atoms with van der Waals surface area (Å²) in [5.41, 5.74) is 2.29. The van der Waals surface area contributed by atoms with Crippen LogP contribution < -0.4 is 0 Å². The molecule has 2 atom stereocenters. The zero-order chi connectivity index (χ0) is 10.7. The molecule has 0 aromatic heterocycles. The Hall–Kier alpha value is -1.31. The van der Waals surface area contributed by atoms with Crippen LogP contribution in [0.5, 0.6) is 0 Å². The van der Waals surface area contributed by atoms with Crippen LogP contribution in [0.25, 0.3) is 0 Å². The van der Waals surface area contributed by atoms with E-state index in [9.17, 15) is 4.79 Å². The lowest BCUT2D eigenvalue weighted by Crippen LogP contribution is -2.16. The number of hydrogen-bond donors (Lipinski definition) is 1. The molecular weight excluding hydrogens is 176 g/mol. The molecule has 1 aromatic rings. The molecule has 1 aromatic carbocycles. The molecule has 0 saturated heterocycles. The van der Waals surface area contributed by atoms with Crippen molar-refractivity contribution in [2.24, 2.45) is 5.92 Å². The van der Waals surface area contributed by atoms with Crippen LogP contribution in [0.1, 0.15) is 30.9 Å².